The van der Waals surface area contributed by atoms with E-state index in [1.165, 1.54) is 64.5 Å². The molecular formula is C15H26N4. The highest BCUT2D eigenvalue weighted by molar-refractivity contribution is 4.99. The average molecular weight is 262 g/mol. The Labute approximate surface area is 115 Å². The molecule has 0 bridgehead atoms. The predicted octanol–water partition coefficient (Wildman–Crippen LogP) is 2.78. The van der Waals surface area contributed by atoms with E-state index < -0.39 is 0 Å². The number of hydrogen-bond acceptors (Lipinski definition) is 3. The molecule has 0 atom stereocenters. The van der Waals surface area contributed by atoms with Gasteiger partial charge >= 0.3 is 0 Å². The van der Waals surface area contributed by atoms with Gasteiger partial charge in [-0.05, 0) is 51.1 Å². The predicted molar refractivity (Wildman–Crippen MR) is 76.1 cm³/mol. The van der Waals surface area contributed by atoms with Gasteiger partial charge in [0.15, 0.2) is 5.82 Å². The molecule has 1 saturated carbocycles. The van der Waals surface area contributed by atoms with Crippen molar-refractivity contribution in [3.8, 4) is 0 Å². The summed E-state index contributed by atoms with van der Waals surface area (Å²) in [5, 5.41) is 11.0. The summed E-state index contributed by atoms with van der Waals surface area (Å²) in [6.45, 7) is 2.38. The van der Waals surface area contributed by atoms with Gasteiger partial charge in [-0.3, -0.25) is 5.10 Å². The Morgan fingerprint density at radius 3 is 2.58 bits per heavy atom. The zero-order valence-electron chi connectivity index (χ0n) is 11.8. The van der Waals surface area contributed by atoms with Gasteiger partial charge in [0.05, 0.1) is 0 Å². The zero-order chi connectivity index (χ0) is 12.9. The van der Waals surface area contributed by atoms with Crippen LogP contribution in [-0.4, -0.2) is 28.3 Å². The van der Waals surface area contributed by atoms with Crippen LogP contribution in [0.15, 0.2) is 0 Å². The molecule has 0 radical (unpaired) electrons. The molecule has 4 heteroatoms. The van der Waals surface area contributed by atoms with Crippen LogP contribution in [0.2, 0.25) is 0 Å². The van der Waals surface area contributed by atoms with E-state index in [0.29, 0.717) is 5.92 Å². The lowest BCUT2D eigenvalue weighted by Gasteiger charge is -2.21. The molecule has 1 aromatic rings. The van der Waals surface area contributed by atoms with Gasteiger partial charge < -0.3 is 5.32 Å². The topological polar surface area (TPSA) is 53.6 Å². The van der Waals surface area contributed by atoms with Crippen LogP contribution in [0.5, 0.6) is 0 Å². The number of hydrogen-bond donors (Lipinski definition) is 2. The Morgan fingerprint density at radius 1 is 1.00 bits per heavy atom. The average Bonchev–Trinajstić information content (AvgIpc) is 2.96. The first-order chi connectivity index (χ1) is 9.42. The van der Waals surface area contributed by atoms with Gasteiger partial charge in [0.2, 0.25) is 0 Å². The molecule has 1 saturated heterocycles. The van der Waals surface area contributed by atoms with Crippen molar-refractivity contribution < 1.29 is 0 Å². The van der Waals surface area contributed by atoms with Crippen LogP contribution < -0.4 is 5.32 Å². The van der Waals surface area contributed by atoms with Crippen LogP contribution in [0.4, 0.5) is 0 Å². The molecule has 19 heavy (non-hydrogen) atoms. The van der Waals surface area contributed by atoms with E-state index in [2.05, 4.69) is 15.5 Å². The molecule has 1 aliphatic heterocycles. The van der Waals surface area contributed by atoms with Crippen LogP contribution >= 0.6 is 0 Å². The molecule has 1 aliphatic carbocycles. The van der Waals surface area contributed by atoms with E-state index in [9.17, 15) is 0 Å². The van der Waals surface area contributed by atoms with Crippen molar-refractivity contribution in [1.82, 2.24) is 20.5 Å². The fourth-order valence-corrected chi connectivity index (χ4v) is 3.48. The summed E-state index contributed by atoms with van der Waals surface area (Å²) in [5.74, 6) is 3.70. The van der Waals surface area contributed by atoms with Gasteiger partial charge in [-0.15, -0.1) is 0 Å². The number of H-pyrrole nitrogens is 1. The molecule has 2 heterocycles. The Kier molecular flexibility index (Phi) is 4.49. The standard InChI is InChI=1S/C15H26N4/c1-2-4-13(5-3-1)15-17-14(18-19-15)7-6-12-8-10-16-11-9-12/h12-13,16H,1-11H2,(H,17,18,19). The second-order valence-corrected chi connectivity index (χ2v) is 6.21. The summed E-state index contributed by atoms with van der Waals surface area (Å²) in [5.41, 5.74) is 0. The quantitative estimate of drug-likeness (QED) is 0.877. The fraction of sp³-hybridized carbons (Fsp3) is 0.867. The van der Waals surface area contributed by atoms with Crippen LogP contribution in [-0.2, 0) is 6.42 Å². The number of aryl methyl sites for hydroxylation is 1. The summed E-state index contributed by atoms with van der Waals surface area (Å²) < 4.78 is 0. The minimum Gasteiger partial charge on any atom is -0.317 e. The van der Waals surface area contributed by atoms with E-state index in [1.54, 1.807) is 0 Å². The van der Waals surface area contributed by atoms with E-state index in [1.807, 2.05) is 0 Å². The summed E-state index contributed by atoms with van der Waals surface area (Å²) in [4.78, 5) is 4.74. The lowest BCUT2D eigenvalue weighted by Crippen LogP contribution is -2.27. The van der Waals surface area contributed by atoms with E-state index in [4.69, 9.17) is 4.98 Å². The number of aromatic nitrogens is 3. The maximum absolute atomic E-state index is 4.74. The molecule has 4 nitrogen and oxygen atoms in total. The lowest BCUT2D eigenvalue weighted by molar-refractivity contribution is 0.352. The van der Waals surface area contributed by atoms with Gasteiger partial charge in [-0.2, -0.15) is 5.10 Å². The first kappa shape index (κ1) is 13.1. The Morgan fingerprint density at radius 2 is 1.79 bits per heavy atom. The monoisotopic (exact) mass is 262 g/mol. The van der Waals surface area contributed by atoms with Crippen LogP contribution in [0.25, 0.3) is 0 Å². The number of piperidine rings is 1. The van der Waals surface area contributed by atoms with E-state index in [0.717, 1.165) is 24.0 Å². The second kappa shape index (κ2) is 6.51. The van der Waals surface area contributed by atoms with Crippen LogP contribution in [0.1, 0.15) is 68.9 Å². The molecular weight excluding hydrogens is 236 g/mol. The Hall–Kier alpha value is -0.900. The SMILES string of the molecule is C1CCC(c2n[nH]c(CCC3CCNCC3)n2)CC1. The highest BCUT2D eigenvalue weighted by Crippen LogP contribution is 2.30. The van der Waals surface area contributed by atoms with Crippen molar-refractivity contribution >= 4 is 0 Å². The first-order valence-electron chi connectivity index (χ1n) is 8.04. The van der Waals surface area contributed by atoms with Crippen molar-refractivity contribution in [2.24, 2.45) is 5.92 Å². The molecule has 0 spiro atoms. The molecule has 3 rings (SSSR count). The molecule has 2 fully saturated rings. The van der Waals surface area contributed by atoms with Crippen molar-refractivity contribution in [2.45, 2.75) is 63.7 Å². The normalized spacial score (nSPS) is 22.7. The van der Waals surface area contributed by atoms with Gasteiger partial charge in [0.25, 0.3) is 0 Å². The molecule has 2 aliphatic rings. The van der Waals surface area contributed by atoms with Gasteiger partial charge in [0.1, 0.15) is 5.82 Å². The summed E-state index contributed by atoms with van der Waals surface area (Å²) >= 11 is 0. The Bertz CT molecular complexity index is 375. The number of rotatable bonds is 4. The molecule has 0 amide bonds. The third kappa shape index (κ3) is 3.56. The van der Waals surface area contributed by atoms with Crippen molar-refractivity contribution in [3.05, 3.63) is 11.6 Å². The molecule has 0 aromatic carbocycles. The molecule has 106 valence electrons. The molecule has 2 N–H and O–H groups in total. The minimum atomic E-state index is 0.623. The summed E-state index contributed by atoms with van der Waals surface area (Å²) in [6, 6.07) is 0. The van der Waals surface area contributed by atoms with E-state index in [-0.39, 0.29) is 0 Å². The second-order valence-electron chi connectivity index (χ2n) is 6.21. The molecule has 1 aromatic heterocycles. The smallest absolute Gasteiger partial charge is 0.153 e. The molecule has 0 unspecified atom stereocenters. The minimum absolute atomic E-state index is 0.623. The largest absolute Gasteiger partial charge is 0.317 e. The first-order valence-corrected chi connectivity index (χ1v) is 8.04. The summed E-state index contributed by atoms with van der Waals surface area (Å²) in [7, 11) is 0. The van der Waals surface area contributed by atoms with Crippen LogP contribution in [0.3, 0.4) is 0 Å². The van der Waals surface area contributed by atoms with E-state index >= 15 is 0 Å². The van der Waals surface area contributed by atoms with Gasteiger partial charge in [0, 0.05) is 12.3 Å². The number of nitrogens with zero attached hydrogens (tertiary/aromatic N) is 2. The van der Waals surface area contributed by atoms with Gasteiger partial charge in [-0.25, -0.2) is 4.98 Å². The summed E-state index contributed by atoms with van der Waals surface area (Å²) in [6.07, 6.45) is 11.6. The lowest BCUT2D eigenvalue weighted by atomic mass is 9.89. The van der Waals surface area contributed by atoms with Gasteiger partial charge in [-0.1, -0.05) is 19.3 Å². The van der Waals surface area contributed by atoms with Crippen molar-refractivity contribution in [3.63, 3.8) is 0 Å². The maximum Gasteiger partial charge on any atom is 0.153 e. The number of nitrogens with one attached hydrogen (secondary N) is 2. The van der Waals surface area contributed by atoms with Crippen LogP contribution in [0, 0.1) is 5.92 Å². The highest BCUT2D eigenvalue weighted by Gasteiger charge is 2.20. The third-order valence-corrected chi connectivity index (χ3v) is 4.77. The van der Waals surface area contributed by atoms with Crippen molar-refractivity contribution in [2.75, 3.05) is 13.1 Å². The Balaban J connectivity index is 1.49. The highest BCUT2D eigenvalue weighted by atomic mass is 15.2. The maximum atomic E-state index is 4.74. The zero-order valence-corrected chi connectivity index (χ0v) is 11.8. The number of aromatic amines is 1. The third-order valence-electron chi connectivity index (χ3n) is 4.77. The van der Waals surface area contributed by atoms with Crippen molar-refractivity contribution in [1.29, 1.82) is 0 Å². The fourth-order valence-electron chi connectivity index (χ4n) is 3.48.